The van der Waals surface area contributed by atoms with Gasteiger partial charge in [-0.3, -0.25) is 0 Å². The van der Waals surface area contributed by atoms with Crippen LogP contribution in [0.15, 0.2) is 182 Å². The van der Waals surface area contributed by atoms with E-state index in [1.165, 1.54) is 49.7 Å². The number of fused-ring (bicyclic) bond motifs is 3. The van der Waals surface area contributed by atoms with Gasteiger partial charge < -0.3 is 9.47 Å². The normalized spacial score (nSPS) is 11.2. The Balaban J connectivity index is 1.16. The molecule has 0 spiro atoms. The second-order valence-electron chi connectivity index (χ2n) is 11.1. The summed E-state index contributed by atoms with van der Waals surface area (Å²) in [6.07, 6.45) is 0. The monoisotopic (exact) mass is 562 g/mol. The third-order valence-electron chi connectivity index (χ3n) is 8.37. The molecule has 44 heavy (non-hydrogen) atoms. The van der Waals surface area contributed by atoms with Crippen molar-refractivity contribution >= 4 is 38.9 Å². The summed E-state index contributed by atoms with van der Waals surface area (Å²) >= 11 is 0. The Morgan fingerprint density at radius 2 is 0.818 bits per heavy atom. The topological polar surface area (TPSA) is 8.17 Å². The van der Waals surface area contributed by atoms with Crippen LogP contribution in [0.1, 0.15) is 0 Å². The van der Waals surface area contributed by atoms with Gasteiger partial charge in [0.25, 0.3) is 0 Å². The molecule has 7 aromatic carbocycles. The molecule has 208 valence electrons. The van der Waals surface area contributed by atoms with Gasteiger partial charge in [0.15, 0.2) is 0 Å². The van der Waals surface area contributed by atoms with E-state index in [9.17, 15) is 0 Å². The van der Waals surface area contributed by atoms with Gasteiger partial charge in [0.1, 0.15) is 0 Å². The molecule has 0 fully saturated rings. The van der Waals surface area contributed by atoms with Gasteiger partial charge in [0.2, 0.25) is 0 Å². The number of hydrogen-bond donors (Lipinski definition) is 0. The Labute approximate surface area is 257 Å². The maximum Gasteiger partial charge on any atom is 0.0541 e. The largest absolute Gasteiger partial charge is 0.310 e. The molecular formula is C42H30N2. The Morgan fingerprint density at radius 3 is 1.48 bits per heavy atom. The average Bonchev–Trinajstić information content (AvgIpc) is 3.44. The lowest BCUT2D eigenvalue weighted by molar-refractivity contribution is 1.18. The van der Waals surface area contributed by atoms with Crippen LogP contribution in [0.2, 0.25) is 0 Å². The van der Waals surface area contributed by atoms with Crippen LogP contribution >= 0.6 is 0 Å². The first-order chi connectivity index (χ1) is 21.8. The molecule has 0 atom stereocenters. The summed E-state index contributed by atoms with van der Waals surface area (Å²) in [7, 11) is 0. The van der Waals surface area contributed by atoms with Crippen molar-refractivity contribution in [2.75, 3.05) is 4.90 Å². The first kappa shape index (κ1) is 25.8. The predicted molar refractivity (Wildman–Crippen MR) is 186 cm³/mol. The maximum absolute atomic E-state index is 2.36. The number of nitrogens with zero attached hydrogens (tertiary/aromatic N) is 2. The highest BCUT2D eigenvalue weighted by atomic mass is 15.1. The van der Waals surface area contributed by atoms with E-state index in [4.69, 9.17) is 0 Å². The van der Waals surface area contributed by atoms with Crippen molar-refractivity contribution in [3.8, 4) is 27.9 Å². The van der Waals surface area contributed by atoms with Crippen LogP contribution in [0, 0.1) is 0 Å². The molecule has 0 aliphatic carbocycles. The number of anilines is 3. The SMILES string of the molecule is c1ccc(N(c2ccccc2)c2cccc(-c3ccc(-c4ccc5c(c4)c4ccccc4n5-c4ccccc4)cc3)c2)cc1. The van der Waals surface area contributed by atoms with Gasteiger partial charge in [-0.25, -0.2) is 0 Å². The highest BCUT2D eigenvalue weighted by Crippen LogP contribution is 2.38. The standard InChI is InChI=1S/C42H30N2/c1-4-14-35(15-5-1)43(36-16-6-2-7-17-36)38-20-12-13-33(29-38)31-23-25-32(26-24-31)34-27-28-42-40(30-34)39-21-10-11-22-41(39)44(42)37-18-8-3-9-19-37/h1-30H. The number of hydrogen-bond acceptors (Lipinski definition) is 1. The molecule has 8 aromatic rings. The van der Waals surface area contributed by atoms with Crippen LogP contribution in [0.3, 0.4) is 0 Å². The Bertz CT molecular complexity index is 2160. The summed E-state index contributed by atoms with van der Waals surface area (Å²) in [5.74, 6) is 0. The first-order valence-corrected chi connectivity index (χ1v) is 15.0. The molecule has 1 aromatic heterocycles. The van der Waals surface area contributed by atoms with Crippen molar-refractivity contribution < 1.29 is 0 Å². The van der Waals surface area contributed by atoms with E-state index in [0.29, 0.717) is 0 Å². The number of rotatable bonds is 6. The molecule has 0 saturated carbocycles. The highest BCUT2D eigenvalue weighted by molar-refractivity contribution is 6.10. The van der Waals surface area contributed by atoms with Crippen molar-refractivity contribution in [2.45, 2.75) is 0 Å². The molecule has 8 rings (SSSR count). The molecule has 0 saturated heterocycles. The van der Waals surface area contributed by atoms with Crippen LogP contribution in [0.4, 0.5) is 17.1 Å². The molecule has 0 radical (unpaired) electrons. The number of aromatic nitrogens is 1. The van der Waals surface area contributed by atoms with Gasteiger partial charge in [-0.05, 0) is 89.0 Å². The highest BCUT2D eigenvalue weighted by Gasteiger charge is 2.14. The zero-order valence-corrected chi connectivity index (χ0v) is 24.2. The first-order valence-electron chi connectivity index (χ1n) is 15.0. The van der Waals surface area contributed by atoms with E-state index in [2.05, 4.69) is 191 Å². The summed E-state index contributed by atoms with van der Waals surface area (Å²) < 4.78 is 2.36. The quantitative estimate of drug-likeness (QED) is 0.196. The van der Waals surface area contributed by atoms with Crippen molar-refractivity contribution in [1.82, 2.24) is 4.57 Å². The molecule has 0 unspecified atom stereocenters. The molecule has 0 N–H and O–H groups in total. The van der Waals surface area contributed by atoms with Crippen LogP contribution in [-0.2, 0) is 0 Å². The summed E-state index contributed by atoms with van der Waals surface area (Å²) in [5, 5.41) is 2.53. The van der Waals surface area contributed by atoms with Gasteiger partial charge in [-0.2, -0.15) is 0 Å². The summed E-state index contributed by atoms with van der Waals surface area (Å²) in [6, 6.07) is 65.0. The van der Waals surface area contributed by atoms with Gasteiger partial charge in [0.05, 0.1) is 11.0 Å². The minimum Gasteiger partial charge on any atom is -0.310 e. The molecule has 0 bridgehead atoms. The van der Waals surface area contributed by atoms with Crippen molar-refractivity contribution in [3.63, 3.8) is 0 Å². The lowest BCUT2D eigenvalue weighted by Gasteiger charge is -2.25. The van der Waals surface area contributed by atoms with Crippen molar-refractivity contribution in [2.24, 2.45) is 0 Å². The van der Waals surface area contributed by atoms with E-state index in [0.717, 1.165) is 17.1 Å². The molecule has 0 aliphatic heterocycles. The van der Waals surface area contributed by atoms with Gasteiger partial charge in [0, 0.05) is 33.5 Å². The van der Waals surface area contributed by atoms with Crippen LogP contribution in [0.25, 0.3) is 49.7 Å². The minimum atomic E-state index is 1.13. The Hall–Kier alpha value is -5.86. The molecule has 2 nitrogen and oxygen atoms in total. The van der Waals surface area contributed by atoms with Gasteiger partial charge in [-0.15, -0.1) is 0 Å². The van der Waals surface area contributed by atoms with E-state index < -0.39 is 0 Å². The lowest BCUT2D eigenvalue weighted by Crippen LogP contribution is -2.09. The predicted octanol–water partition coefficient (Wildman–Crippen LogP) is 11.6. The minimum absolute atomic E-state index is 1.13. The van der Waals surface area contributed by atoms with E-state index >= 15 is 0 Å². The smallest absolute Gasteiger partial charge is 0.0541 e. The molecule has 2 heteroatoms. The van der Waals surface area contributed by atoms with Crippen LogP contribution in [-0.4, -0.2) is 4.57 Å². The molecule has 0 amide bonds. The van der Waals surface area contributed by atoms with E-state index in [1.807, 2.05) is 0 Å². The Kier molecular flexibility index (Phi) is 6.51. The lowest BCUT2D eigenvalue weighted by atomic mass is 9.98. The van der Waals surface area contributed by atoms with Crippen molar-refractivity contribution in [3.05, 3.63) is 182 Å². The number of benzene rings is 7. The zero-order valence-electron chi connectivity index (χ0n) is 24.2. The van der Waals surface area contributed by atoms with Gasteiger partial charge >= 0.3 is 0 Å². The Morgan fingerprint density at radius 1 is 0.318 bits per heavy atom. The summed E-state index contributed by atoms with van der Waals surface area (Å²) in [6.45, 7) is 0. The van der Waals surface area contributed by atoms with E-state index in [-0.39, 0.29) is 0 Å². The summed E-state index contributed by atoms with van der Waals surface area (Å²) in [5.41, 5.74) is 11.8. The fourth-order valence-electron chi connectivity index (χ4n) is 6.29. The average molecular weight is 563 g/mol. The third kappa shape index (κ3) is 4.63. The van der Waals surface area contributed by atoms with E-state index in [1.54, 1.807) is 0 Å². The van der Waals surface area contributed by atoms with Crippen molar-refractivity contribution in [1.29, 1.82) is 0 Å². The second kappa shape index (κ2) is 11.1. The van der Waals surface area contributed by atoms with Gasteiger partial charge in [-0.1, -0.05) is 115 Å². The fourth-order valence-corrected chi connectivity index (χ4v) is 6.29. The van der Waals surface area contributed by atoms with Crippen LogP contribution in [0.5, 0.6) is 0 Å². The molecule has 0 aliphatic rings. The zero-order chi connectivity index (χ0) is 29.3. The second-order valence-corrected chi connectivity index (χ2v) is 11.1. The third-order valence-corrected chi connectivity index (χ3v) is 8.37. The number of para-hydroxylation sites is 4. The molecular weight excluding hydrogens is 532 g/mol. The van der Waals surface area contributed by atoms with Crippen LogP contribution < -0.4 is 4.90 Å². The maximum atomic E-state index is 2.36. The molecule has 1 heterocycles. The fraction of sp³-hybridized carbons (Fsp3) is 0. The summed E-state index contributed by atoms with van der Waals surface area (Å²) in [4.78, 5) is 2.30.